The fourth-order valence-corrected chi connectivity index (χ4v) is 2.79. The summed E-state index contributed by atoms with van der Waals surface area (Å²) in [7, 11) is 0. The number of benzene rings is 2. The molecule has 2 rings (SSSR count). The van der Waals surface area contributed by atoms with Gasteiger partial charge in [-0.1, -0.05) is 62.2 Å². The Bertz CT molecular complexity index is 814. The standard InChI is InChI=1S/C23H24N2O2/c1-4-18-10-12-20(13-11-18)22(19-8-6-5-7-9-19)27-21(16-17(2)3)23(26)25-15-14-24/h1,5-13,17,21-22H,15-16H2,2-3H3,(H,25,26)/t21-,22?/m0/s1. The van der Waals surface area contributed by atoms with Gasteiger partial charge in [-0.3, -0.25) is 4.79 Å². The topological polar surface area (TPSA) is 62.1 Å². The van der Waals surface area contributed by atoms with E-state index in [1.54, 1.807) is 0 Å². The summed E-state index contributed by atoms with van der Waals surface area (Å²) in [6, 6.07) is 19.3. The van der Waals surface area contributed by atoms with Crippen LogP contribution in [0, 0.1) is 29.6 Å². The predicted octanol–water partition coefficient (Wildman–Crippen LogP) is 3.83. The highest BCUT2D eigenvalue weighted by molar-refractivity contribution is 5.81. The van der Waals surface area contributed by atoms with Gasteiger partial charge in [0.2, 0.25) is 5.91 Å². The van der Waals surface area contributed by atoms with Crippen molar-refractivity contribution in [3.8, 4) is 18.4 Å². The van der Waals surface area contributed by atoms with Gasteiger partial charge in [-0.05, 0) is 35.6 Å². The summed E-state index contributed by atoms with van der Waals surface area (Å²) in [5.74, 6) is 2.60. The maximum absolute atomic E-state index is 12.5. The third-order valence-corrected chi connectivity index (χ3v) is 4.10. The molecule has 0 aromatic heterocycles. The summed E-state index contributed by atoms with van der Waals surface area (Å²) in [6.07, 6.45) is 4.94. The van der Waals surface area contributed by atoms with Crippen LogP contribution in [0.1, 0.15) is 43.1 Å². The molecule has 2 aromatic carbocycles. The van der Waals surface area contributed by atoms with Crippen LogP contribution >= 0.6 is 0 Å². The van der Waals surface area contributed by atoms with E-state index in [2.05, 4.69) is 11.2 Å². The van der Waals surface area contributed by atoms with Crippen LogP contribution in [0.5, 0.6) is 0 Å². The van der Waals surface area contributed by atoms with Gasteiger partial charge in [-0.25, -0.2) is 0 Å². The van der Waals surface area contributed by atoms with E-state index in [-0.39, 0.29) is 18.4 Å². The van der Waals surface area contributed by atoms with Crippen LogP contribution < -0.4 is 5.32 Å². The van der Waals surface area contributed by atoms with Crippen molar-refractivity contribution >= 4 is 5.91 Å². The minimum atomic E-state index is -0.657. The van der Waals surface area contributed by atoms with Crippen molar-refractivity contribution in [2.24, 2.45) is 5.92 Å². The summed E-state index contributed by atoms with van der Waals surface area (Å²) >= 11 is 0. The second kappa shape index (κ2) is 10.2. The Morgan fingerprint density at radius 3 is 2.30 bits per heavy atom. The highest BCUT2D eigenvalue weighted by Gasteiger charge is 2.26. The molecule has 0 aliphatic heterocycles. The minimum absolute atomic E-state index is 0.0380. The summed E-state index contributed by atoms with van der Waals surface area (Å²) in [6.45, 7) is 4.03. The van der Waals surface area contributed by atoms with E-state index in [1.807, 2.05) is 74.5 Å². The van der Waals surface area contributed by atoms with Gasteiger partial charge >= 0.3 is 0 Å². The summed E-state index contributed by atoms with van der Waals surface area (Å²) in [4.78, 5) is 12.5. The van der Waals surface area contributed by atoms with E-state index in [9.17, 15) is 4.79 Å². The monoisotopic (exact) mass is 360 g/mol. The van der Waals surface area contributed by atoms with Crippen molar-refractivity contribution in [1.29, 1.82) is 5.26 Å². The van der Waals surface area contributed by atoms with Crippen LogP contribution in [0.3, 0.4) is 0 Å². The molecule has 4 heteroatoms. The molecule has 0 heterocycles. The Morgan fingerprint density at radius 2 is 1.74 bits per heavy atom. The molecule has 1 unspecified atom stereocenters. The zero-order valence-electron chi connectivity index (χ0n) is 15.7. The molecule has 0 fully saturated rings. The number of nitrogens with one attached hydrogen (secondary N) is 1. The fourth-order valence-electron chi connectivity index (χ4n) is 2.79. The molecule has 27 heavy (non-hydrogen) atoms. The Labute approximate surface area is 161 Å². The van der Waals surface area contributed by atoms with Gasteiger partial charge in [-0.15, -0.1) is 6.42 Å². The molecule has 0 radical (unpaired) electrons. The van der Waals surface area contributed by atoms with E-state index in [4.69, 9.17) is 16.4 Å². The smallest absolute Gasteiger partial charge is 0.250 e. The second-order valence-corrected chi connectivity index (χ2v) is 6.69. The molecule has 0 saturated carbocycles. The van der Waals surface area contributed by atoms with E-state index in [0.29, 0.717) is 6.42 Å². The zero-order valence-corrected chi connectivity index (χ0v) is 15.7. The Morgan fingerprint density at radius 1 is 1.11 bits per heavy atom. The summed E-state index contributed by atoms with van der Waals surface area (Å²) in [5.41, 5.74) is 2.66. The molecular weight excluding hydrogens is 336 g/mol. The first-order valence-electron chi connectivity index (χ1n) is 8.96. The third kappa shape index (κ3) is 5.99. The Hall–Kier alpha value is -3.08. The predicted molar refractivity (Wildman–Crippen MR) is 106 cm³/mol. The third-order valence-electron chi connectivity index (χ3n) is 4.10. The molecule has 2 aromatic rings. The van der Waals surface area contributed by atoms with Gasteiger partial charge in [-0.2, -0.15) is 5.26 Å². The Kier molecular flexibility index (Phi) is 7.62. The Balaban J connectivity index is 2.34. The lowest BCUT2D eigenvalue weighted by Gasteiger charge is -2.26. The molecule has 0 bridgehead atoms. The first kappa shape index (κ1) is 20.2. The van der Waals surface area contributed by atoms with Crippen molar-refractivity contribution in [1.82, 2.24) is 5.32 Å². The quantitative estimate of drug-likeness (QED) is 0.575. The van der Waals surface area contributed by atoms with Crippen LogP contribution in [0.15, 0.2) is 54.6 Å². The highest BCUT2D eigenvalue weighted by atomic mass is 16.5. The maximum atomic E-state index is 12.5. The number of terminal acetylenes is 1. The van der Waals surface area contributed by atoms with Crippen molar-refractivity contribution in [2.45, 2.75) is 32.5 Å². The van der Waals surface area contributed by atoms with E-state index in [1.165, 1.54) is 0 Å². The van der Waals surface area contributed by atoms with Crippen LogP contribution in [-0.2, 0) is 9.53 Å². The van der Waals surface area contributed by atoms with Gasteiger partial charge < -0.3 is 10.1 Å². The van der Waals surface area contributed by atoms with Crippen molar-refractivity contribution in [3.63, 3.8) is 0 Å². The maximum Gasteiger partial charge on any atom is 0.250 e. The molecule has 1 amide bonds. The first-order chi connectivity index (χ1) is 13.0. The van der Waals surface area contributed by atoms with Gasteiger partial charge in [0, 0.05) is 5.56 Å². The molecule has 0 aliphatic carbocycles. The lowest BCUT2D eigenvalue weighted by molar-refractivity contribution is -0.136. The number of nitriles is 1. The van der Waals surface area contributed by atoms with Crippen LogP contribution in [0.2, 0.25) is 0 Å². The van der Waals surface area contributed by atoms with Crippen molar-refractivity contribution in [2.75, 3.05) is 6.54 Å². The van der Waals surface area contributed by atoms with Crippen LogP contribution in [0.25, 0.3) is 0 Å². The van der Waals surface area contributed by atoms with Gasteiger partial charge in [0.1, 0.15) is 18.8 Å². The largest absolute Gasteiger partial charge is 0.356 e. The second-order valence-electron chi connectivity index (χ2n) is 6.69. The lowest BCUT2D eigenvalue weighted by Crippen LogP contribution is -2.38. The van der Waals surface area contributed by atoms with E-state index < -0.39 is 12.2 Å². The van der Waals surface area contributed by atoms with E-state index >= 15 is 0 Å². The molecule has 4 nitrogen and oxygen atoms in total. The van der Waals surface area contributed by atoms with Crippen molar-refractivity contribution < 1.29 is 9.53 Å². The SMILES string of the molecule is C#Cc1ccc(C(O[C@@H](CC(C)C)C(=O)NCC#N)c2ccccc2)cc1. The number of carbonyl (C=O) groups is 1. The van der Waals surface area contributed by atoms with Crippen LogP contribution in [-0.4, -0.2) is 18.6 Å². The first-order valence-corrected chi connectivity index (χ1v) is 8.96. The molecule has 0 aliphatic rings. The molecular formula is C23H24N2O2. The normalized spacial score (nSPS) is 12.6. The van der Waals surface area contributed by atoms with Crippen molar-refractivity contribution in [3.05, 3.63) is 71.3 Å². The molecule has 0 saturated heterocycles. The average molecular weight is 360 g/mol. The van der Waals surface area contributed by atoms with Gasteiger partial charge in [0.05, 0.1) is 6.07 Å². The minimum Gasteiger partial charge on any atom is -0.356 e. The van der Waals surface area contributed by atoms with Crippen LogP contribution in [0.4, 0.5) is 0 Å². The van der Waals surface area contributed by atoms with Gasteiger partial charge in [0.25, 0.3) is 0 Å². The van der Waals surface area contributed by atoms with E-state index in [0.717, 1.165) is 16.7 Å². The number of rotatable bonds is 8. The molecule has 0 spiro atoms. The average Bonchev–Trinajstić information content (AvgIpc) is 2.69. The van der Waals surface area contributed by atoms with Gasteiger partial charge in [0.15, 0.2) is 0 Å². The highest BCUT2D eigenvalue weighted by Crippen LogP contribution is 2.29. The number of carbonyl (C=O) groups excluding carboxylic acids is 1. The fraction of sp³-hybridized carbons (Fsp3) is 0.304. The molecule has 138 valence electrons. The number of hydrogen-bond donors (Lipinski definition) is 1. The lowest BCUT2D eigenvalue weighted by atomic mass is 9.99. The zero-order chi connectivity index (χ0) is 19.6. The number of hydrogen-bond acceptors (Lipinski definition) is 3. The molecule has 2 atom stereocenters. The number of nitrogens with zero attached hydrogens (tertiary/aromatic N) is 1. The summed E-state index contributed by atoms with van der Waals surface area (Å²) in [5, 5.41) is 11.4. The number of ether oxygens (including phenoxy) is 1. The molecule has 1 N–H and O–H groups in total. The summed E-state index contributed by atoms with van der Waals surface area (Å²) < 4.78 is 6.29. The number of amides is 1.